The van der Waals surface area contributed by atoms with Gasteiger partial charge >= 0.3 is 0 Å². The molecule has 0 spiro atoms. The maximum atomic E-state index is 13.1. The number of carbonyl (C=O) groups excluding carboxylic acids is 1. The van der Waals surface area contributed by atoms with Crippen LogP contribution in [0.2, 0.25) is 0 Å². The number of amides is 1. The molecule has 1 atom stereocenters. The minimum Gasteiger partial charge on any atom is -0.497 e. The summed E-state index contributed by atoms with van der Waals surface area (Å²) in [6, 6.07) is 12.2. The molecule has 0 aromatic heterocycles. The van der Waals surface area contributed by atoms with Crippen LogP contribution in [-0.2, 0) is 16.4 Å². The predicted molar refractivity (Wildman–Crippen MR) is 112 cm³/mol. The number of nitrogens with zero attached hydrogens (tertiary/aromatic N) is 2. The van der Waals surface area contributed by atoms with Crippen molar-refractivity contribution in [3.05, 3.63) is 53.6 Å². The molecule has 7 heteroatoms. The molecule has 2 heterocycles. The maximum Gasteiger partial charge on any atom is 0.258 e. The van der Waals surface area contributed by atoms with E-state index in [1.54, 1.807) is 58.8 Å². The molecule has 0 N–H and O–H groups in total. The monoisotopic (exact) mass is 414 g/mol. The molecule has 0 aliphatic carbocycles. The number of anilines is 1. The summed E-state index contributed by atoms with van der Waals surface area (Å²) in [4.78, 5) is 15.2. The van der Waals surface area contributed by atoms with Gasteiger partial charge in [-0.2, -0.15) is 4.31 Å². The lowest BCUT2D eigenvalue weighted by Crippen LogP contribution is -2.36. The van der Waals surface area contributed by atoms with E-state index in [0.717, 1.165) is 30.5 Å². The Kier molecular flexibility index (Phi) is 5.36. The molecular weight excluding hydrogens is 388 g/mol. The maximum absolute atomic E-state index is 13.1. The summed E-state index contributed by atoms with van der Waals surface area (Å²) in [5, 5.41) is 0. The Morgan fingerprint density at radius 3 is 2.38 bits per heavy atom. The Morgan fingerprint density at radius 1 is 1.03 bits per heavy atom. The highest BCUT2D eigenvalue weighted by Crippen LogP contribution is 2.36. The van der Waals surface area contributed by atoms with E-state index in [1.807, 2.05) is 6.92 Å². The van der Waals surface area contributed by atoms with E-state index in [4.69, 9.17) is 4.74 Å². The van der Waals surface area contributed by atoms with Crippen LogP contribution < -0.4 is 9.64 Å². The highest BCUT2D eigenvalue weighted by Gasteiger charge is 2.34. The number of methoxy groups -OCH3 is 1. The van der Waals surface area contributed by atoms with Gasteiger partial charge in [-0.25, -0.2) is 8.42 Å². The fourth-order valence-corrected chi connectivity index (χ4v) is 5.77. The number of hydrogen-bond acceptors (Lipinski definition) is 4. The van der Waals surface area contributed by atoms with Crippen molar-refractivity contribution in [1.82, 2.24) is 4.31 Å². The third-order valence-electron chi connectivity index (χ3n) is 5.78. The van der Waals surface area contributed by atoms with Crippen molar-refractivity contribution >= 4 is 21.6 Å². The summed E-state index contributed by atoms with van der Waals surface area (Å²) in [6.45, 7) is 3.15. The van der Waals surface area contributed by atoms with Gasteiger partial charge in [0.25, 0.3) is 5.91 Å². The smallest absolute Gasteiger partial charge is 0.258 e. The second-order valence-electron chi connectivity index (χ2n) is 7.71. The lowest BCUT2D eigenvalue weighted by molar-refractivity contribution is 0.0981. The Hall–Kier alpha value is -2.38. The van der Waals surface area contributed by atoms with Gasteiger partial charge in [-0.15, -0.1) is 0 Å². The van der Waals surface area contributed by atoms with Crippen LogP contribution in [0.3, 0.4) is 0 Å². The largest absolute Gasteiger partial charge is 0.497 e. The van der Waals surface area contributed by atoms with Crippen LogP contribution in [0, 0.1) is 0 Å². The molecule has 1 saturated heterocycles. The van der Waals surface area contributed by atoms with Gasteiger partial charge in [0.1, 0.15) is 5.75 Å². The Balaban J connectivity index is 1.63. The summed E-state index contributed by atoms with van der Waals surface area (Å²) in [7, 11) is -1.89. The number of hydrogen-bond donors (Lipinski definition) is 0. The third-order valence-corrected chi connectivity index (χ3v) is 7.67. The summed E-state index contributed by atoms with van der Waals surface area (Å²) < 4.78 is 32.7. The van der Waals surface area contributed by atoms with Gasteiger partial charge < -0.3 is 9.64 Å². The zero-order valence-corrected chi connectivity index (χ0v) is 17.6. The molecule has 0 bridgehead atoms. The van der Waals surface area contributed by atoms with E-state index in [9.17, 15) is 13.2 Å². The summed E-state index contributed by atoms with van der Waals surface area (Å²) in [5.74, 6) is 0.606. The molecule has 2 aromatic carbocycles. The Morgan fingerprint density at radius 2 is 1.72 bits per heavy atom. The Bertz CT molecular complexity index is 1010. The molecule has 1 fully saturated rings. The fraction of sp³-hybridized carbons (Fsp3) is 0.409. The number of benzene rings is 2. The van der Waals surface area contributed by atoms with Gasteiger partial charge in [0.2, 0.25) is 10.0 Å². The molecule has 4 rings (SSSR count). The number of rotatable bonds is 4. The van der Waals surface area contributed by atoms with Gasteiger partial charge in [0.15, 0.2) is 0 Å². The normalized spacial score (nSPS) is 19.8. The summed E-state index contributed by atoms with van der Waals surface area (Å²) in [6.07, 6.45) is 3.54. The van der Waals surface area contributed by atoms with Gasteiger partial charge in [-0.1, -0.05) is 6.42 Å². The molecule has 0 saturated carbocycles. The van der Waals surface area contributed by atoms with Crippen LogP contribution in [-0.4, -0.2) is 44.9 Å². The second kappa shape index (κ2) is 7.80. The van der Waals surface area contributed by atoms with Crippen LogP contribution >= 0.6 is 0 Å². The van der Waals surface area contributed by atoms with Crippen molar-refractivity contribution in [2.75, 3.05) is 25.1 Å². The van der Waals surface area contributed by atoms with Crippen molar-refractivity contribution < 1.29 is 17.9 Å². The average molecular weight is 415 g/mol. The quantitative estimate of drug-likeness (QED) is 0.768. The van der Waals surface area contributed by atoms with E-state index < -0.39 is 10.0 Å². The number of fused-ring (bicyclic) bond motifs is 1. The van der Waals surface area contributed by atoms with Crippen molar-refractivity contribution in [2.24, 2.45) is 0 Å². The van der Waals surface area contributed by atoms with Gasteiger partial charge in [0.05, 0.1) is 12.0 Å². The minimum absolute atomic E-state index is 0.0347. The zero-order chi connectivity index (χ0) is 20.6. The Labute approximate surface area is 172 Å². The minimum atomic E-state index is -3.48. The van der Waals surface area contributed by atoms with E-state index in [0.29, 0.717) is 35.7 Å². The molecule has 154 valence electrons. The molecule has 6 nitrogen and oxygen atoms in total. The number of piperidine rings is 1. The van der Waals surface area contributed by atoms with Crippen molar-refractivity contribution in [3.8, 4) is 5.75 Å². The third kappa shape index (κ3) is 3.65. The van der Waals surface area contributed by atoms with Crippen LogP contribution in [0.1, 0.15) is 42.1 Å². The van der Waals surface area contributed by atoms with Crippen LogP contribution in [0.25, 0.3) is 0 Å². The molecule has 0 radical (unpaired) electrons. The van der Waals surface area contributed by atoms with E-state index in [-0.39, 0.29) is 11.9 Å². The molecule has 0 unspecified atom stereocenters. The SMILES string of the molecule is COc1ccc(C(=O)N2c3ccc(S(=O)(=O)N4CCCCC4)cc3C[C@@H]2C)cc1. The highest BCUT2D eigenvalue weighted by atomic mass is 32.2. The lowest BCUT2D eigenvalue weighted by Gasteiger charge is -2.26. The van der Waals surface area contributed by atoms with Gasteiger partial charge in [-0.3, -0.25) is 4.79 Å². The fourth-order valence-electron chi connectivity index (χ4n) is 4.20. The summed E-state index contributed by atoms with van der Waals surface area (Å²) in [5.41, 5.74) is 2.27. The first-order valence-corrected chi connectivity index (χ1v) is 11.5. The first-order valence-electron chi connectivity index (χ1n) is 10.0. The van der Waals surface area contributed by atoms with Crippen molar-refractivity contribution in [3.63, 3.8) is 0 Å². The average Bonchev–Trinajstić information content (AvgIpc) is 3.08. The number of carbonyl (C=O) groups is 1. The highest BCUT2D eigenvalue weighted by molar-refractivity contribution is 7.89. The second-order valence-corrected chi connectivity index (χ2v) is 9.65. The van der Waals surface area contributed by atoms with E-state index in [2.05, 4.69) is 0 Å². The van der Waals surface area contributed by atoms with Crippen LogP contribution in [0.5, 0.6) is 5.75 Å². The number of ether oxygens (including phenoxy) is 1. The molecule has 2 aromatic rings. The van der Waals surface area contributed by atoms with Gasteiger partial charge in [-0.05, 0) is 74.2 Å². The van der Waals surface area contributed by atoms with Crippen molar-refractivity contribution in [2.45, 2.75) is 43.5 Å². The van der Waals surface area contributed by atoms with E-state index in [1.165, 1.54) is 0 Å². The zero-order valence-electron chi connectivity index (χ0n) is 16.8. The number of sulfonamides is 1. The molecule has 2 aliphatic rings. The van der Waals surface area contributed by atoms with Gasteiger partial charge in [0, 0.05) is 30.4 Å². The molecule has 29 heavy (non-hydrogen) atoms. The molecule has 2 aliphatic heterocycles. The molecule has 1 amide bonds. The lowest BCUT2D eigenvalue weighted by atomic mass is 10.1. The van der Waals surface area contributed by atoms with Crippen LogP contribution in [0.15, 0.2) is 47.4 Å². The van der Waals surface area contributed by atoms with Crippen LogP contribution in [0.4, 0.5) is 5.69 Å². The van der Waals surface area contributed by atoms with Crippen molar-refractivity contribution in [1.29, 1.82) is 0 Å². The predicted octanol–water partition coefficient (Wildman–Crippen LogP) is 3.46. The van der Waals surface area contributed by atoms with E-state index >= 15 is 0 Å². The standard InChI is InChI=1S/C22H26N2O4S/c1-16-14-18-15-20(29(26,27)23-12-4-3-5-13-23)10-11-21(18)24(16)22(25)17-6-8-19(28-2)9-7-17/h6-11,15-16H,3-5,12-14H2,1-2H3/t16-/m0/s1. The first-order chi connectivity index (χ1) is 13.9. The topological polar surface area (TPSA) is 66.9 Å². The first kappa shape index (κ1) is 19.9. The summed E-state index contributed by atoms with van der Waals surface area (Å²) >= 11 is 0. The molecular formula is C22H26N2O4S.